The van der Waals surface area contributed by atoms with Crippen molar-refractivity contribution in [2.45, 2.75) is 32.7 Å². The van der Waals surface area contributed by atoms with E-state index in [2.05, 4.69) is 36.3 Å². The monoisotopic (exact) mass is 246 g/mol. The van der Waals surface area contributed by atoms with Gasteiger partial charge in [-0.15, -0.1) is 0 Å². The first-order valence-electron chi connectivity index (χ1n) is 6.47. The van der Waals surface area contributed by atoms with E-state index in [1.54, 1.807) is 6.20 Å². The lowest BCUT2D eigenvalue weighted by Gasteiger charge is -2.23. The van der Waals surface area contributed by atoms with Crippen LogP contribution in [0.5, 0.6) is 0 Å². The summed E-state index contributed by atoms with van der Waals surface area (Å²) in [6.07, 6.45) is 3.43. The highest BCUT2D eigenvalue weighted by atomic mass is 15.2. The minimum Gasteiger partial charge on any atom is -0.358 e. The molecule has 0 amide bonds. The lowest BCUT2D eigenvalue weighted by Crippen LogP contribution is -2.25. The number of anilines is 1. The molecule has 0 aromatic carbocycles. The normalized spacial score (nSPS) is 11.9. The molecule has 98 valence electrons. The molecule has 1 heterocycles. The number of aromatic nitrogens is 1. The van der Waals surface area contributed by atoms with Crippen LogP contribution in [0.3, 0.4) is 0 Å². The SMILES string of the molecule is CCCNC(C)c1cccnc1N(C)CCC#N. The maximum atomic E-state index is 8.65. The van der Waals surface area contributed by atoms with Crippen molar-refractivity contribution in [3.63, 3.8) is 0 Å². The Morgan fingerprint density at radius 1 is 1.56 bits per heavy atom. The van der Waals surface area contributed by atoms with Gasteiger partial charge >= 0.3 is 0 Å². The zero-order valence-corrected chi connectivity index (χ0v) is 11.5. The fourth-order valence-corrected chi connectivity index (χ4v) is 1.86. The highest BCUT2D eigenvalue weighted by molar-refractivity contribution is 5.47. The summed E-state index contributed by atoms with van der Waals surface area (Å²) >= 11 is 0. The number of nitriles is 1. The third kappa shape index (κ3) is 4.01. The third-order valence-electron chi connectivity index (χ3n) is 2.90. The second-order valence-corrected chi connectivity index (χ2v) is 4.42. The fraction of sp³-hybridized carbons (Fsp3) is 0.571. The largest absolute Gasteiger partial charge is 0.358 e. The summed E-state index contributed by atoms with van der Waals surface area (Å²) in [7, 11) is 1.98. The van der Waals surface area contributed by atoms with E-state index < -0.39 is 0 Å². The number of hydrogen-bond acceptors (Lipinski definition) is 4. The van der Waals surface area contributed by atoms with Crippen molar-refractivity contribution in [3.05, 3.63) is 23.9 Å². The molecule has 1 aromatic heterocycles. The molecule has 1 rings (SSSR count). The topological polar surface area (TPSA) is 52.0 Å². The van der Waals surface area contributed by atoms with Gasteiger partial charge in [0.25, 0.3) is 0 Å². The van der Waals surface area contributed by atoms with Gasteiger partial charge in [0.1, 0.15) is 5.82 Å². The Hall–Kier alpha value is -1.60. The Balaban J connectivity index is 2.81. The summed E-state index contributed by atoms with van der Waals surface area (Å²) < 4.78 is 0. The molecule has 0 radical (unpaired) electrons. The molecule has 4 heteroatoms. The maximum absolute atomic E-state index is 8.65. The highest BCUT2D eigenvalue weighted by Crippen LogP contribution is 2.22. The Morgan fingerprint density at radius 2 is 2.33 bits per heavy atom. The van der Waals surface area contributed by atoms with E-state index in [0.717, 1.165) is 18.8 Å². The molecule has 0 aliphatic carbocycles. The van der Waals surface area contributed by atoms with Crippen LogP contribution in [0.25, 0.3) is 0 Å². The van der Waals surface area contributed by atoms with E-state index >= 15 is 0 Å². The minimum absolute atomic E-state index is 0.276. The summed E-state index contributed by atoms with van der Waals surface area (Å²) in [6.45, 7) is 6.01. The second-order valence-electron chi connectivity index (χ2n) is 4.42. The number of hydrogen-bond donors (Lipinski definition) is 1. The molecule has 0 saturated heterocycles. The van der Waals surface area contributed by atoms with Crippen LogP contribution < -0.4 is 10.2 Å². The quantitative estimate of drug-likeness (QED) is 0.803. The zero-order valence-electron chi connectivity index (χ0n) is 11.5. The van der Waals surface area contributed by atoms with E-state index in [9.17, 15) is 0 Å². The van der Waals surface area contributed by atoms with Gasteiger partial charge < -0.3 is 10.2 Å². The molecule has 0 spiro atoms. The van der Waals surface area contributed by atoms with E-state index in [4.69, 9.17) is 5.26 Å². The van der Waals surface area contributed by atoms with E-state index in [1.165, 1.54) is 5.56 Å². The van der Waals surface area contributed by atoms with Crippen LogP contribution in [0.15, 0.2) is 18.3 Å². The number of nitrogens with one attached hydrogen (secondary N) is 1. The van der Waals surface area contributed by atoms with Crippen molar-refractivity contribution in [2.24, 2.45) is 0 Å². The van der Waals surface area contributed by atoms with Gasteiger partial charge in [0, 0.05) is 31.4 Å². The van der Waals surface area contributed by atoms with Crippen molar-refractivity contribution in [1.29, 1.82) is 5.26 Å². The first kappa shape index (κ1) is 14.5. The van der Waals surface area contributed by atoms with Gasteiger partial charge in [-0.2, -0.15) is 5.26 Å². The molecule has 1 unspecified atom stereocenters. The molecule has 18 heavy (non-hydrogen) atoms. The van der Waals surface area contributed by atoms with Crippen molar-refractivity contribution in [3.8, 4) is 6.07 Å². The third-order valence-corrected chi connectivity index (χ3v) is 2.90. The van der Waals surface area contributed by atoms with E-state index in [-0.39, 0.29) is 6.04 Å². The number of rotatable bonds is 7. The predicted octanol–water partition coefficient (Wildman–Crippen LogP) is 2.49. The van der Waals surface area contributed by atoms with Crippen molar-refractivity contribution >= 4 is 5.82 Å². The molecule has 1 N–H and O–H groups in total. The fourth-order valence-electron chi connectivity index (χ4n) is 1.86. The van der Waals surface area contributed by atoms with Crippen LogP contribution in [0.1, 0.15) is 38.3 Å². The Kier molecular flexibility index (Phi) is 6.16. The van der Waals surface area contributed by atoms with E-state index in [1.807, 2.05) is 18.0 Å². The van der Waals surface area contributed by atoms with Gasteiger partial charge in [0.05, 0.1) is 12.5 Å². The molecule has 0 aliphatic heterocycles. The van der Waals surface area contributed by atoms with E-state index in [0.29, 0.717) is 13.0 Å². The van der Waals surface area contributed by atoms with Gasteiger partial charge in [-0.05, 0) is 26.0 Å². The predicted molar refractivity (Wildman–Crippen MR) is 74.4 cm³/mol. The Bertz CT molecular complexity index is 397. The maximum Gasteiger partial charge on any atom is 0.133 e. The molecular formula is C14H22N4. The average molecular weight is 246 g/mol. The van der Waals surface area contributed by atoms with Crippen LogP contribution in [-0.2, 0) is 0 Å². The van der Waals surface area contributed by atoms with Crippen molar-refractivity contribution in [1.82, 2.24) is 10.3 Å². The summed E-state index contributed by atoms with van der Waals surface area (Å²) in [6, 6.07) is 6.50. The molecule has 0 saturated carbocycles. The molecule has 0 fully saturated rings. The van der Waals surface area contributed by atoms with Crippen LogP contribution in [0.2, 0.25) is 0 Å². The Labute approximate surface area is 110 Å². The Morgan fingerprint density at radius 3 is 3.00 bits per heavy atom. The number of nitrogens with zero attached hydrogens (tertiary/aromatic N) is 3. The van der Waals surface area contributed by atoms with Crippen molar-refractivity contribution < 1.29 is 0 Å². The lowest BCUT2D eigenvalue weighted by molar-refractivity contribution is 0.568. The average Bonchev–Trinajstić information content (AvgIpc) is 2.42. The first-order valence-corrected chi connectivity index (χ1v) is 6.47. The molecular weight excluding hydrogens is 224 g/mol. The van der Waals surface area contributed by atoms with Gasteiger partial charge in [0.2, 0.25) is 0 Å². The van der Waals surface area contributed by atoms with Gasteiger partial charge in [-0.3, -0.25) is 0 Å². The molecule has 0 bridgehead atoms. The van der Waals surface area contributed by atoms with Crippen LogP contribution >= 0.6 is 0 Å². The molecule has 4 nitrogen and oxygen atoms in total. The smallest absolute Gasteiger partial charge is 0.133 e. The van der Waals surface area contributed by atoms with Gasteiger partial charge in [-0.25, -0.2) is 4.98 Å². The summed E-state index contributed by atoms with van der Waals surface area (Å²) in [5.41, 5.74) is 1.19. The summed E-state index contributed by atoms with van der Waals surface area (Å²) in [5, 5.41) is 12.1. The molecule has 0 aliphatic rings. The van der Waals surface area contributed by atoms with Crippen molar-refractivity contribution in [2.75, 3.05) is 25.0 Å². The highest BCUT2D eigenvalue weighted by Gasteiger charge is 2.13. The van der Waals surface area contributed by atoms with Crippen LogP contribution in [-0.4, -0.2) is 25.1 Å². The first-order chi connectivity index (χ1) is 8.70. The van der Waals surface area contributed by atoms with Gasteiger partial charge in [-0.1, -0.05) is 13.0 Å². The zero-order chi connectivity index (χ0) is 13.4. The van der Waals surface area contributed by atoms with Crippen LogP contribution in [0, 0.1) is 11.3 Å². The summed E-state index contributed by atoms with van der Waals surface area (Å²) in [5.74, 6) is 0.962. The number of pyridine rings is 1. The standard InChI is InChI=1S/C14H22N4/c1-4-9-16-12(2)13-7-5-10-17-14(13)18(3)11-6-8-15/h5,7,10,12,16H,4,6,9,11H2,1-3H3. The second kappa shape index (κ2) is 7.67. The summed E-state index contributed by atoms with van der Waals surface area (Å²) in [4.78, 5) is 6.48. The van der Waals surface area contributed by atoms with Crippen LogP contribution in [0.4, 0.5) is 5.82 Å². The molecule has 1 aromatic rings. The molecule has 1 atom stereocenters. The minimum atomic E-state index is 0.276. The lowest BCUT2D eigenvalue weighted by atomic mass is 10.1. The van der Waals surface area contributed by atoms with Gasteiger partial charge in [0.15, 0.2) is 0 Å².